The zero-order chi connectivity index (χ0) is 18.1. The fraction of sp³-hybridized carbons (Fsp3) is 0.556. The van der Waals surface area contributed by atoms with E-state index < -0.39 is 11.7 Å². The number of thioether (sulfide) groups is 1. The molecule has 1 aliphatic rings. The lowest BCUT2D eigenvalue weighted by atomic mass is 10.2. The number of nitrogens with one attached hydrogen (secondary N) is 2. The van der Waals surface area contributed by atoms with Gasteiger partial charge in [0, 0.05) is 37.2 Å². The number of rotatable bonds is 6. The molecule has 1 unspecified atom stereocenters. The van der Waals surface area contributed by atoms with Crippen LogP contribution in [0.25, 0.3) is 0 Å². The van der Waals surface area contributed by atoms with Gasteiger partial charge in [0.2, 0.25) is 0 Å². The van der Waals surface area contributed by atoms with Gasteiger partial charge in [0.25, 0.3) is 5.91 Å². The molecule has 26 heavy (non-hydrogen) atoms. The Morgan fingerprint density at radius 3 is 2.81 bits per heavy atom. The lowest BCUT2D eigenvalue weighted by Gasteiger charge is -2.34. The first-order valence-corrected chi connectivity index (χ1v) is 9.88. The van der Waals surface area contributed by atoms with Crippen LogP contribution >= 0.6 is 35.7 Å². The average molecular weight is 494 g/mol. The maximum absolute atomic E-state index is 13.6. The SMILES string of the molecule is CCNC(=NCCNC(=O)c1ccccc1F)N1CCSC(CC)C1.I. The molecule has 0 saturated carbocycles. The second-order valence-electron chi connectivity index (χ2n) is 5.82. The molecular weight excluding hydrogens is 466 g/mol. The van der Waals surface area contributed by atoms with Gasteiger partial charge in [0.1, 0.15) is 5.82 Å². The maximum Gasteiger partial charge on any atom is 0.254 e. The minimum Gasteiger partial charge on any atom is -0.357 e. The van der Waals surface area contributed by atoms with E-state index in [1.54, 1.807) is 12.1 Å². The molecule has 0 bridgehead atoms. The summed E-state index contributed by atoms with van der Waals surface area (Å²) in [6.45, 7) is 7.88. The van der Waals surface area contributed by atoms with Gasteiger partial charge in [-0.2, -0.15) is 11.8 Å². The number of hydrogen-bond acceptors (Lipinski definition) is 3. The van der Waals surface area contributed by atoms with Crippen molar-refractivity contribution in [1.82, 2.24) is 15.5 Å². The van der Waals surface area contributed by atoms with E-state index in [2.05, 4.69) is 27.4 Å². The van der Waals surface area contributed by atoms with Gasteiger partial charge in [-0.3, -0.25) is 9.79 Å². The van der Waals surface area contributed by atoms with E-state index in [4.69, 9.17) is 0 Å². The number of carbonyl (C=O) groups is 1. The molecular formula is C18H28FIN4OS. The topological polar surface area (TPSA) is 56.7 Å². The zero-order valence-corrected chi connectivity index (χ0v) is 18.5. The predicted octanol–water partition coefficient (Wildman–Crippen LogP) is 2.97. The maximum atomic E-state index is 13.6. The quantitative estimate of drug-likeness (QED) is 0.277. The molecule has 1 aromatic carbocycles. The van der Waals surface area contributed by atoms with Crippen LogP contribution in [0.1, 0.15) is 30.6 Å². The number of amides is 1. The first-order valence-electron chi connectivity index (χ1n) is 8.83. The Kier molecular flexibility index (Phi) is 11.0. The Bertz CT molecular complexity index is 602. The summed E-state index contributed by atoms with van der Waals surface area (Å²) in [6.07, 6.45) is 1.15. The van der Waals surface area contributed by atoms with Crippen molar-refractivity contribution in [3.05, 3.63) is 35.6 Å². The summed E-state index contributed by atoms with van der Waals surface area (Å²) in [4.78, 5) is 18.9. The van der Waals surface area contributed by atoms with Crippen LogP contribution in [-0.2, 0) is 0 Å². The van der Waals surface area contributed by atoms with Gasteiger partial charge < -0.3 is 15.5 Å². The highest BCUT2D eigenvalue weighted by atomic mass is 127. The van der Waals surface area contributed by atoms with E-state index >= 15 is 0 Å². The molecule has 1 amide bonds. The van der Waals surface area contributed by atoms with Crippen LogP contribution in [0.2, 0.25) is 0 Å². The molecule has 0 spiro atoms. The molecule has 0 aromatic heterocycles. The molecule has 0 aliphatic carbocycles. The van der Waals surface area contributed by atoms with Crippen LogP contribution in [0, 0.1) is 5.82 Å². The first-order chi connectivity index (χ1) is 12.2. The van der Waals surface area contributed by atoms with Gasteiger partial charge in [-0.05, 0) is 25.5 Å². The van der Waals surface area contributed by atoms with Gasteiger partial charge in [-0.25, -0.2) is 4.39 Å². The molecule has 1 saturated heterocycles. The van der Waals surface area contributed by atoms with Crippen LogP contribution in [0.5, 0.6) is 0 Å². The van der Waals surface area contributed by atoms with E-state index in [1.807, 2.05) is 18.7 Å². The summed E-state index contributed by atoms with van der Waals surface area (Å²) in [5, 5.41) is 6.68. The number of nitrogens with zero attached hydrogens (tertiary/aromatic N) is 2. The molecule has 2 rings (SSSR count). The van der Waals surface area contributed by atoms with Gasteiger partial charge in [-0.15, -0.1) is 24.0 Å². The molecule has 8 heteroatoms. The number of benzene rings is 1. The second-order valence-corrected chi connectivity index (χ2v) is 7.23. The van der Waals surface area contributed by atoms with Crippen molar-refractivity contribution in [2.24, 2.45) is 4.99 Å². The number of guanidine groups is 1. The monoisotopic (exact) mass is 494 g/mol. The van der Waals surface area contributed by atoms with E-state index in [9.17, 15) is 9.18 Å². The largest absolute Gasteiger partial charge is 0.357 e. The van der Waals surface area contributed by atoms with Crippen LogP contribution in [0.4, 0.5) is 4.39 Å². The third-order valence-electron chi connectivity index (χ3n) is 4.01. The average Bonchev–Trinajstić information content (AvgIpc) is 2.64. The highest BCUT2D eigenvalue weighted by Gasteiger charge is 2.21. The molecule has 1 aromatic rings. The molecule has 1 fully saturated rings. The lowest BCUT2D eigenvalue weighted by molar-refractivity contribution is 0.0950. The smallest absolute Gasteiger partial charge is 0.254 e. The Morgan fingerprint density at radius 1 is 1.35 bits per heavy atom. The Hall–Kier alpha value is -1.03. The third kappa shape index (κ3) is 6.94. The van der Waals surface area contributed by atoms with Crippen molar-refractivity contribution >= 4 is 47.6 Å². The normalized spacial score (nSPS) is 17.4. The van der Waals surface area contributed by atoms with Gasteiger partial charge in [0.15, 0.2) is 5.96 Å². The minimum absolute atomic E-state index is 0. The third-order valence-corrected chi connectivity index (χ3v) is 5.38. The molecule has 1 aliphatic heterocycles. The Labute approximate surface area is 176 Å². The minimum atomic E-state index is -0.506. The van der Waals surface area contributed by atoms with Gasteiger partial charge >= 0.3 is 0 Å². The van der Waals surface area contributed by atoms with Crippen LogP contribution in [-0.4, -0.2) is 60.5 Å². The van der Waals surface area contributed by atoms with Crippen LogP contribution in [0.3, 0.4) is 0 Å². The molecule has 5 nitrogen and oxygen atoms in total. The van der Waals surface area contributed by atoms with Gasteiger partial charge in [-0.1, -0.05) is 19.1 Å². The van der Waals surface area contributed by atoms with E-state index in [0.29, 0.717) is 18.3 Å². The molecule has 0 radical (unpaired) electrons. The van der Waals surface area contributed by atoms with Crippen LogP contribution < -0.4 is 10.6 Å². The van der Waals surface area contributed by atoms with Crippen molar-refractivity contribution in [2.45, 2.75) is 25.5 Å². The number of halogens is 2. The van der Waals surface area contributed by atoms with E-state index in [-0.39, 0.29) is 29.5 Å². The van der Waals surface area contributed by atoms with E-state index in [0.717, 1.165) is 37.8 Å². The number of aliphatic imine (C=N–C) groups is 1. The molecule has 146 valence electrons. The number of hydrogen-bond donors (Lipinski definition) is 2. The summed E-state index contributed by atoms with van der Waals surface area (Å²) in [7, 11) is 0. The molecule has 2 N–H and O–H groups in total. The Morgan fingerprint density at radius 2 is 2.12 bits per heavy atom. The van der Waals surface area contributed by atoms with E-state index in [1.165, 1.54) is 12.1 Å². The number of carbonyl (C=O) groups excluding carboxylic acids is 1. The van der Waals surface area contributed by atoms with Crippen molar-refractivity contribution in [3.63, 3.8) is 0 Å². The summed E-state index contributed by atoms with van der Waals surface area (Å²) in [5.74, 6) is 1.08. The predicted molar refractivity (Wildman–Crippen MR) is 118 cm³/mol. The van der Waals surface area contributed by atoms with Crippen molar-refractivity contribution in [3.8, 4) is 0 Å². The summed E-state index contributed by atoms with van der Waals surface area (Å²) in [5.41, 5.74) is 0.0669. The summed E-state index contributed by atoms with van der Waals surface area (Å²) >= 11 is 2.02. The second kappa shape index (κ2) is 12.4. The highest BCUT2D eigenvalue weighted by Crippen LogP contribution is 2.20. The highest BCUT2D eigenvalue weighted by molar-refractivity contribution is 14.0. The lowest BCUT2D eigenvalue weighted by Crippen LogP contribution is -2.48. The Balaban J connectivity index is 0.00000338. The molecule has 1 heterocycles. The van der Waals surface area contributed by atoms with Crippen molar-refractivity contribution in [1.29, 1.82) is 0 Å². The fourth-order valence-corrected chi connectivity index (χ4v) is 3.84. The zero-order valence-electron chi connectivity index (χ0n) is 15.3. The standard InChI is InChI=1S/C18H27FN4OS.HI/c1-3-14-13-23(11-12-25-14)18(20-4-2)22-10-9-21-17(24)15-7-5-6-8-16(15)19;/h5-8,14H,3-4,9-13H2,1-2H3,(H,20,22)(H,21,24);1H. The van der Waals surface area contributed by atoms with Crippen molar-refractivity contribution in [2.75, 3.05) is 38.5 Å². The fourth-order valence-electron chi connectivity index (χ4n) is 2.66. The summed E-state index contributed by atoms with van der Waals surface area (Å²) in [6, 6.07) is 5.99. The molecule has 1 atom stereocenters. The summed E-state index contributed by atoms with van der Waals surface area (Å²) < 4.78 is 13.6. The van der Waals surface area contributed by atoms with Crippen molar-refractivity contribution < 1.29 is 9.18 Å². The van der Waals surface area contributed by atoms with Crippen LogP contribution in [0.15, 0.2) is 29.3 Å². The first kappa shape index (κ1) is 23.0. The van der Waals surface area contributed by atoms with Gasteiger partial charge in [0.05, 0.1) is 12.1 Å².